The first-order valence-corrected chi connectivity index (χ1v) is 8.14. The van der Waals surface area contributed by atoms with Crippen molar-refractivity contribution in [2.24, 2.45) is 0 Å². The van der Waals surface area contributed by atoms with Gasteiger partial charge in [-0.2, -0.15) is 0 Å². The van der Waals surface area contributed by atoms with Gasteiger partial charge in [0.05, 0.1) is 0 Å². The highest BCUT2D eigenvalue weighted by molar-refractivity contribution is 6.30. The minimum Gasteiger partial charge on any atom is -0.358 e. The smallest absolute Gasteiger partial charge is 0.254 e. The van der Waals surface area contributed by atoms with Crippen molar-refractivity contribution < 1.29 is 4.79 Å². The maximum Gasteiger partial charge on any atom is 0.254 e. The second-order valence-corrected chi connectivity index (χ2v) is 6.55. The van der Waals surface area contributed by atoms with Gasteiger partial charge in [0.25, 0.3) is 5.91 Å². The number of amides is 1. The van der Waals surface area contributed by atoms with E-state index < -0.39 is 0 Å². The third-order valence-electron chi connectivity index (χ3n) is 4.51. The standard InChI is InChI=1S/C19H17ClN2O/c1-12-2-7-17-15(10-12)16-11-22(9-8-18(16)21-17)19(23)13-3-5-14(20)6-4-13/h2-7,10,21H,8-9,11H2,1H3. The first kappa shape index (κ1) is 14.3. The Morgan fingerprint density at radius 1 is 1.17 bits per heavy atom. The van der Waals surface area contributed by atoms with Crippen LogP contribution in [0.5, 0.6) is 0 Å². The van der Waals surface area contributed by atoms with E-state index in [1.807, 2.05) is 4.90 Å². The van der Waals surface area contributed by atoms with Crippen molar-refractivity contribution in [3.8, 4) is 0 Å². The molecule has 3 nitrogen and oxygen atoms in total. The maximum atomic E-state index is 12.7. The molecular weight excluding hydrogens is 308 g/mol. The number of aromatic nitrogens is 1. The summed E-state index contributed by atoms with van der Waals surface area (Å²) in [6.45, 7) is 3.48. The first-order valence-electron chi connectivity index (χ1n) is 7.77. The number of halogens is 1. The van der Waals surface area contributed by atoms with Gasteiger partial charge < -0.3 is 9.88 Å². The summed E-state index contributed by atoms with van der Waals surface area (Å²) in [6, 6.07) is 13.5. The average Bonchev–Trinajstić information content (AvgIpc) is 2.92. The van der Waals surface area contributed by atoms with Gasteiger partial charge in [0.1, 0.15) is 0 Å². The molecule has 2 aromatic carbocycles. The Hall–Kier alpha value is -2.26. The van der Waals surface area contributed by atoms with Crippen molar-refractivity contribution in [2.75, 3.05) is 6.54 Å². The highest BCUT2D eigenvalue weighted by atomic mass is 35.5. The molecule has 23 heavy (non-hydrogen) atoms. The molecule has 4 rings (SSSR count). The largest absolute Gasteiger partial charge is 0.358 e. The lowest BCUT2D eigenvalue weighted by atomic mass is 10.0. The fourth-order valence-electron chi connectivity index (χ4n) is 3.28. The zero-order valence-electron chi connectivity index (χ0n) is 12.9. The van der Waals surface area contributed by atoms with E-state index in [0.29, 0.717) is 17.1 Å². The molecule has 0 saturated heterocycles. The van der Waals surface area contributed by atoms with Crippen LogP contribution in [0.3, 0.4) is 0 Å². The minimum absolute atomic E-state index is 0.0642. The summed E-state index contributed by atoms with van der Waals surface area (Å²) in [4.78, 5) is 18.1. The predicted molar refractivity (Wildman–Crippen MR) is 92.9 cm³/mol. The monoisotopic (exact) mass is 324 g/mol. The zero-order chi connectivity index (χ0) is 16.0. The van der Waals surface area contributed by atoms with Gasteiger partial charge in [0, 0.05) is 52.3 Å². The maximum absolute atomic E-state index is 12.7. The van der Waals surface area contributed by atoms with Gasteiger partial charge in [0.2, 0.25) is 0 Å². The van der Waals surface area contributed by atoms with Crippen molar-refractivity contribution in [3.05, 3.63) is 69.9 Å². The van der Waals surface area contributed by atoms with Crippen molar-refractivity contribution in [2.45, 2.75) is 19.9 Å². The molecule has 0 fully saturated rings. The van der Waals surface area contributed by atoms with E-state index in [1.54, 1.807) is 24.3 Å². The third-order valence-corrected chi connectivity index (χ3v) is 4.76. The van der Waals surface area contributed by atoms with Crippen LogP contribution < -0.4 is 0 Å². The number of nitrogens with zero attached hydrogens (tertiary/aromatic N) is 1. The molecule has 0 saturated carbocycles. The number of carbonyl (C=O) groups is 1. The van der Waals surface area contributed by atoms with Crippen molar-refractivity contribution in [1.29, 1.82) is 0 Å². The molecule has 1 aliphatic heterocycles. The summed E-state index contributed by atoms with van der Waals surface area (Å²) in [5.41, 5.74) is 5.58. The highest BCUT2D eigenvalue weighted by Crippen LogP contribution is 2.29. The second-order valence-electron chi connectivity index (χ2n) is 6.11. The van der Waals surface area contributed by atoms with Crippen LogP contribution in [0.15, 0.2) is 42.5 Å². The van der Waals surface area contributed by atoms with E-state index in [2.05, 4.69) is 30.1 Å². The summed E-state index contributed by atoms with van der Waals surface area (Å²) in [5, 5.41) is 1.88. The van der Waals surface area contributed by atoms with Gasteiger partial charge in [-0.25, -0.2) is 0 Å². The lowest BCUT2D eigenvalue weighted by molar-refractivity contribution is 0.0735. The molecule has 0 radical (unpaired) electrons. The summed E-state index contributed by atoms with van der Waals surface area (Å²) in [7, 11) is 0. The summed E-state index contributed by atoms with van der Waals surface area (Å²) >= 11 is 5.91. The highest BCUT2D eigenvalue weighted by Gasteiger charge is 2.24. The Kier molecular flexibility index (Phi) is 3.38. The van der Waals surface area contributed by atoms with Crippen molar-refractivity contribution in [3.63, 3.8) is 0 Å². The summed E-state index contributed by atoms with van der Waals surface area (Å²) < 4.78 is 0. The first-order chi connectivity index (χ1) is 11.1. The fraction of sp³-hybridized carbons (Fsp3) is 0.211. The van der Waals surface area contributed by atoms with Crippen LogP contribution in [0.2, 0.25) is 5.02 Å². The van der Waals surface area contributed by atoms with E-state index in [1.165, 1.54) is 22.2 Å². The van der Waals surface area contributed by atoms with Crippen LogP contribution in [-0.2, 0) is 13.0 Å². The van der Waals surface area contributed by atoms with Crippen LogP contribution in [0.25, 0.3) is 10.9 Å². The zero-order valence-corrected chi connectivity index (χ0v) is 13.7. The number of aromatic amines is 1. The van der Waals surface area contributed by atoms with Crippen molar-refractivity contribution >= 4 is 28.4 Å². The number of fused-ring (bicyclic) bond motifs is 3. The number of hydrogen-bond acceptors (Lipinski definition) is 1. The molecule has 1 amide bonds. The lowest BCUT2D eigenvalue weighted by Gasteiger charge is -2.27. The van der Waals surface area contributed by atoms with E-state index in [0.717, 1.165) is 18.5 Å². The number of aryl methyl sites for hydroxylation is 1. The Morgan fingerprint density at radius 2 is 1.96 bits per heavy atom. The molecule has 116 valence electrons. The number of carbonyl (C=O) groups excluding carboxylic acids is 1. The second kappa shape index (κ2) is 5.43. The van der Waals surface area contributed by atoms with E-state index in [-0.39, 0.29) is 5.91 Å². The van der Waals surface area contributed by atoms with Gasteiger partial charge in [0.15, 0.2) is 0 Å². The molecule has 4 heteroatoms. The van der Waals surface area contributed by atoms with Crippen LogP contribution in [0, 0.1) is 6.92 Å². The van der Waals surface area contributed by atoms with E-state index in [4.69, 9.17) is 11.6 Å². The van der Waals surface area contributed by atoms with Crippen LogP contribution in [0.1, 0.15) is 27.2 Å². The number of benzene rings is 2. The van der Waals surface area contributed by atoms with Crippen LogP contribution >= 0.6 is 11.6 Å². The number of rotatable bonds is 1. The van der Waals surface area contributed by atoms with Gasteiger partial charge in [-0.15, -0.1) is 0 Å². The van der Waals surface area contributed by atoms with Crippen LogP contribution in [0.4, 0.5) is 0 Å². The van der Waals surface area contributed by atoms with Crippen molar-refractivity contribution in [1.82, 2.24) is 9.88 Å². The molecule has 0 aliphatic carbocycles. The normalized spacial score (nSPS) is 14.1. The molecule has 2 heterocycles. The topological polar surface area (TPSA) is 36.1 Å². The fourth-order valence-corrected chi connectivity index (χ4v) is 3.40. The van der Waals surface area contributed by atoms with Gasteiger partial charge >= 0.3 is 0 Å². The molecule has 1 aromatic heterocycles. The molecular formula is C19H17ClN2O. The van der Waals surface area contributed by atoms with Gasteiger partial charge in [-0.05, 0) is 43.3 Å². The summed E-state index contributed by atoms with van der Waals surface area (Å²) in [5.74, 6) is 0.0642. The summed E-state index contributed by atoms with van der Waals surface area (Å²) in [6.07, 6.45) is 0.863. The number of hydrogen-bond donors (Lipinski definition) is 1. The molecule has 0 atom stereocenters. The number of H-pyrrole nitrogens is 1. The Labute approximate surface area is 139 Å². The van der Waals surface area contributed by atoms with Gasteiger partial charge in [-0.1, -0.05) is 23.2 Å². The average molecular weight is 325 g/mol. The molecule has 0 unspecified atom stereocenters. The minimum atomic E-state index is 0.0642. The van der Waals surface area contributed by atoms with E-state index in [9.17, 15) is 4.79 Å². The Balaban J connectivity index is 1.67. The molecule has 3 aromatic rings. The Morgan fingerprint density at radius 3 is 2.74 bits per heavy atom. The van der Waals surface area contributed by atoms with Gasteiger partial charge in [-0.3, -0.25) is 4.79 Å². The quantitative estimate of drug-likeness (QED) is 0.710. The van der Waals surface area contributed by atoms with Crippen LogP contribution in [-0.4, -0.2) is 22.3 Å². The molecule has 1 aliphatic rings. The number of nitrogens with one attached hydrogen (secondary N) is 1. The lowest BCUT2D eigenvalue weighted by Crippen LogP contribution is -2.35. The molecule has 1 N–H and O–H groups in total. The third kappa shape index (κ3) is 2.51. The SMILES string of the molecule is Cc1ccc2[nH]c3c(c2c1)CN(C(=O)c1ccc(Cl)cc1)CC3. The Bertz CT molecular complexity index is 896. The predicted octanol–water partition coefficient (Wildman–Crippen LogP) is 4.33. The van der Waals surface area contributed by atoms with E-state index >= 15 is 0 Å². The molecule has 0 spiro atoms. The molecule has 0 bridgehead atoms.